The van der Waals surface area contributed by atoms with Crippen molar-refractivity contribution >= 4 is 17.5 Å². The number of nitrogens with zero attached hydrogens (tertiary/aromatic N) is 1. The number of ether oxygens (including phenoxy) is 1. The molecule has 26 heavy (non-hydrogen) atoms. The molecule has 5 nitrogen and oxygen atoms in total. The number of amides is 2. The van der Waals surface area contributed by atoms with Crippen LogP contribution in [0.5, 0.6) is 5.75 Å². The fourth-order valence-corrected chi connectivity index (χ4v) is 2.90. The van der Waals surface area contributed by atoms with Crippen LogP contribution in [0.2, 0.25) is 0 Å². The average molecular weight is 350 g/mol. The van der Waals surface area contributed by atoms with Gasteiger partial charge in [-0.2, -0.15) is 0 Å². The lowest BCUT2D eigenvalue weighted by atomic mass is 10.1. The Morgan fingerprint density at radius 2 is 1.92 bits per heavy atom. The van der Waals surface area contributed by atoms with Crippen LogP contribution in [0.3, 0.4) is 0 Å². The van der Waals surface area contributed by atoms with E-state index in [-0.39, 0.29) is 18.4 Å². The summed E-state index contributed by atoms with van der Waals surface area (Å²) in [6, 6.07) is 15.1. The van der Waals surface area contributed by atoms with Crippen LogP contribution in [0, 0.1) is 6.92 Å². The van der Waals surface area contributed by atoms with Crippen LogP contribution in [0.4, 0.5) is 0 Å². The van der Waals surface area contributed by atoms with E-state index in [1.807, 2.05) is 49.4 Å². The zero-order valence-electron chi connectivity index (χ0n) is 14.8. The second kappa shape index (κ2) is 7.87. The van der Waals surface area contributed by atoms with Crippen molar-refractivity contribution < 1.29 is 14.3 Å². The monoisotopic (exact) mass is 350 g/mol. The van der Waals surface area contributed by atoms with Crippen LogP contribution in [-0.4, -0.2) is 36.4 Å². The van der Waals surface area contributed by atoms with Gasteiger partial charge in [0.25, 0.3) is 5.91 Å². The highest BCUT2D eigenvalue weighted by molar-refractivity contribution is 6.10. The molecule has 1 heterocycles. The number of rotatable bonds is 7. The topological polar surface area (TPSA) is 58.6 Å². The Hall–Kier alpha value is -3.08. The van der Waals surface area contributed by atoms with Gasteiger partial charge in [-0.05, 0) is 37.1 Å². The third kappa shape index (κ3) is 3.94. The van der Waals surface area contributed by atoms with Crippen LogP contribution in [-0.2, 0) is 4.79 Å². The van der Waals surface area contributed by atoms with Crippen molar-refractivity contribution in [1.82, 2.24) is 10.2 Å². The molecule has 134 valence electrons. The number of hydrogen-bond donors (Lipinski definition) is 1. The Morgan fingerprint density at radius 3 is 2.65 bits per heavy atom. The molecular weight excluding hydrogens is 328 g/mol. The maximum atomic E-state index is 12.4. The number of aryl methyl sites for hydroxylation is 1. The predicted octanol–water partition coefficient (Wildman–Crippen LogP) is 3.01. The molecule has 3 rings (SSSR count). The Bertz CT molecular complexity index is 810. The summed E-state index contributed by atoms with van der Waals surface area (Å²) in [6.45, 7) is 6.94. The molecule has 1 aliphatic heterocycles. The first-order valence-corrected chi connectivity index (χ1v) is 8.62. The van der Waals surface area contributed by atoms with E-state index < -0.39 is 0 Å². The Labute approximate surface area is 153 Å². The minimum absolute atomic E-state index is 0.0227. The van der Waals surface area contributed by atoms with Crippen LogP contribution in [0.15, 0.2) is 55.1 Å². The highest BCUT2D eigenvalue weighted by Crippen LogP contribution is 2.30. The minimum atomic E-state index is -0.206. The first-order valence-electron chi connectivity index (χ1n) is 8.62. The molecule has 5 heteroatoms. The zero-order chi connectivity index (χ0) is 18.5. The third-order valence-corrected chi connectivity index (χ3v) is 4.24. The molecular formula is C21H22N2O3. The molecule has 2 aromatic carbocycles. The van der Waals surface area contributed by atoms with E-state index in [1.165, 1.54) is 4.90 Å². The number of benzene rings is 2. The van der Waals surface area contributed by atoms with Crippen LogP contribution in [0.25, 0.3) is 5.70 Å². The van der Waals surface area contributed by atoms with Crippen molar-refractivity contribution in [2.24, 2.45) is 0 Å². The summed E-state index contributed by atoms with van der Waals surface area (Å²) < 4.78 is 5.65. The lowest BCUT2D eigenvalue weighted by molar-refractivity contribution is -0.121. The zero-order valence-corrected chi connectivity index (χ0v) is 14.8. The highest BCUT2D eigenvalue weighted by Gasteiger charge is 2.31. The van der Waals surface area contributed by atoms with Crippen molar-refractivity contribution in [2.75, 3.05) is 19.7 Å². The van der Waals surface area contributed by atoms with Gasteiger partial charge in [-0.25, -0.2) is 0 Å². The fraction of sp³-hybridized carbons (Fsp3) is 0.238. The molecule has 0 saturated carbocycles. The lowest BCUT2D eigenvalue weighted by Crippen LogP contribution is -2.37. The summed E-state index contributed by atoms with van der Waals surface area (Å²) in [4.78, 5) is 25.9. The third-order valence-electron chi connectivity index (χ3n) is 4.24. The summed E-state index contributed by atoms with van der Waals surface area (Å²) in [5.74, 6) is 0.444. The van der Waals surface area contributed by atoms with Gasteiger partial charge in [0.1, 0.15) is 12.3 Å². The standard InChI is InChI=1S/C21H22N2O3/c1-15-7-5-8-17(13-15)26-12-6-11-22-20(24)14-23-16(2)18-9-3-4-10-19(18)21(23)25/h3-5,7-10,13H,2,6,11-12,14H2,1H3,(H,22,24). The number of carbonyl (C=O) groups is 2. The Kier molecular flexibility index (Phi) is 5.37. The van der Waals surface area contributed by atoms with Gasteiger partial charge in [0.2, 0.25) is 5.91 Å². The van der Waals surface area contributed by atoms with Gasteiger partial charge in [-0.3, -0.25) is 14.5 Å². The normalized spacial score (nSPS) is 12.9. The highest BCUT2D eigenvalue weighted by atomic mass is 16.5. The molecule has 1 aliphatic rings. The van der Waals surface area contributed by atoms with Crippen molar-refractivity contribution in [1.29, 1.82) is 0 Å². The molecule has 0 atom stereocenters. The smallest absolute Gasteiger partial charge is 0.259 e. The van der Waals surface area contributed by atoms with E-state index in [1.54, 1.807) is 6.07 Å². The maximum Gasteiger partial charge on any atom is 0.259 e. The quantitative estimate of drug-likeness (QED) is 0.781. The lowest BCUT2D eigenvalue weighted by Gasteiger charge is -2.17. The molecule has 0 unspecified atom stereocenters. The molecule has 2 amide bonds. The summed E-state index contributed by atoms with van der Waals surface area (Å²) >= 11 is 0. The molecule has 0 bridgehead atoms. The van der Waals surface area contributed by atoms with E-state index in [0.717, 1.165) is 16.9 Å². The van der Waals surface area contributed by atoms with Gasteiger partial charge in [-0.15, -0.1) is 0 Å². The van der Waals surface area contributed by atoms with Crippen molar-refractivity contribution in [3.05, 3.63) is 71.8 Å². The molecule has 0 saturated heterocycles. The first-order chi connectivity index (χ1) is 12.6. The minimum Gasteiger partial charge on any atom is -0.494 e. The summed E-state index contributed by atoms with van der Waals surface area (Å²) in [7, 11) is 0. The molecule has 0 fully saturated rings. The van der Waals surface area contributed by atoms with Crippen molar-refractivity contribution in [2.45, 2.75) is 13.3 Å². The number of fused-ring (bicyclic) bond motifs is 1. The van der Waals surface area contributed by atoms with Crippen molar-refractivity contribution in [3.8, 4) is 5.75 Å². The van der Waals surface area contributed by atoms with E-state index in [4.69, 9.17) is 4.74 Å². The first kappa shape index (κ1) is 17.7. The SMILES string of the molecule is C=C1c2ccccc2C(=O)N1CC(=O)NCCCOc1cccc(C)c1. The largest absolute Gasteiger partial charge is 0.494 e. The molecule has 1 N–H and O–H groups in total. The van der Waals surface area contributed by atoms with Crippen LogP contribution < -0.4 is 10.1 Å². The van der Waals surface area contributed by atoms with Crippen LogP contribution >= 0.6 is 0 Å². The molecule has 0 aromatic heterocycles. The fourth-order valence-electron chi connectivity index (χ4n) is 2.90. The van der Waals surface area contributed by atoms with Gasteiger partial charge < -0.3 is 10.1 Å². The summed E-state index contributed by atoms with van der Waals surface area (Å²) in [5.41, 5.74) is 3.10. The van der Waals surface area contributed by atoms with Gasteiger partial charge in [-0.1, -0.05) is 36.9 Å². The molecule has 0 radical (unpaired) electrons. The van der Waals surface area contributed by atoms with E-state index in [9.17, 15) is 9.59 Å². The van der Waals surface area contributed by atoms with Gasteiger partial charge >= 0.3 is 0 Å². The van der Waals surface area contributed by atoms with Gasteiger partial charge in [0.15, 0.2) is 0 Å². The molecule has 0 aliphatic carbocycles. The maximum absolute atomic E-state index is 12.4. The average Bonchev–Trinajstić information content (AvgIpc) is 2.87. The molecule has 2 aromatic rings. The van der Waals surface area contributed by atoms with E-state index in [0.29, 0.717) is 30.8 Å². The van der Waals surface area contributed by atoms with Gasteiger partial charge in [0, 0.05) is 23.4 Å². The molecule has 0 spiro atoms. The van der Waals surface area contributed by atoms with Gasteiger partial charge in [0.05, 0.1) is 6.61 Å². The second-order valence-electron chi connectivity index (χ2n) is 6.25. The van der Waals surface area contributed by atoms with Crippen LogP contribution in [0.1, 0.15) is 27.9 Å². The second-order valence-corrected chi connectivity index (χ2v) is 6.25. The Morgan fingerprint density at radius 1 is 1.15 bits per heavy atom. The summed E-state index contributed by atoms with van der Waals surface area (Å²) in [5, 5.41) is 2.82. The number of nitrogens with one attached hydrogen (secondary N) is 1. The van der Waals surface area contributed by atoms with Crippen molar-refractivity contribution in [3.63, 3.8) is 0 Å². The number of hydrogen-bond acceptors (Lipinski definition) is 3. The Balaban J connectivity index is 1.41. The predicted molar refractivity (Wildman–Crippen MR) is 101 cm³/mol. The number of carbonyl (C=O) groups excluding carboxylic acids is 2. The summed E-state index contributed by atoms with van der Waals surface area (Å²) in [6.07, 6.45) is 0.689. The van der Waals surface area contributed by atoms with E-state index in [2.05, 4.69) is 11.9 Å². The van der Waals surface area contributed by atoms with E-state index >= 15 is 0 Å².